The third-order valence-electron chi connectivity index (χ3n) is 2.64. The van der Waals surface area contributed by atoms with Gasteiger partial charge >= 0.3 is 0 Å². The van der Waals surface area contributed by atoms with Gasteiger partial charge in [0.1, 0.15) is 10.7 Å². The molecule has 2 aromatic rings. The number of nitrogens with two attached hydrogens (primary N) is 1. The average Bonchev–Trinajstić information content (AvgIpc) is 2.40. The Morgan fingerprint density at radius 3 is 2.55 bits per heavy atom. The van der Waals surface area contributed by atoms with Crippen LogP contribution in [0.15, 0.2) is 45.3 Å². The van der Waals surface area contributed by atoms with Crippen LogP contribution in [-0.2, 0) is 0 Å². The van der Waals surface area contributed by atoms with Crippen molar-refractivity contribution in [3.63, 3.8) is 0 Å². The Kier molecular flexibility index (Phi) is 5.01. The number of hydrogen-bond acceptors (Lipinski definition) is 3. The first kappa shape index (κ1) is 15.3. The Morgan fingerprint density at radius 1 is 1.20 bits per heavy atom. The number of nitrogens with one attached hydrogen (secondary N) is 1. The standard InChI is InChI=1S/C14H12Br2N2OS/c1-19-11-6-9(15)5-10(7-11)18-13-3-2-8(14(17)20)4-12(13)16/h2-7,18H,1H3,(H2,17,20). The van der Waals surface area contributed by atoms with Crippen molar-refractivity contribution in [2.24, 2.45) is 5.73 Å². The maximum Gasteiger partial charge on any atom is 0.122 e. The van der Waals surface area contributed by atoms with E-state index in [-0.39, 0.29) is 0 Å². The monoisotopic (exact) mass is 414 g/mol. The molecule has 0 amide bonds. The fourth-order valence-corrected chi connectivity index (χ4v) is 2.76. The SMILES string of the molecule is COc1cc(Br)cc(Nc2ccc(C(N)=S)cc2Br)c1. The highest BCUT2D eigenvalue weighted by Crippen LogP contribution is 2.30. The molecule has 0 aromatic heterocycles. The van der Waals surface area contributed by atoms with Gasteiger partial charge in [0.25, 0.3) is 0 Å². The molecule has 0 heterocycles. The molecule has 104 valence electrons. The van der Waals surface area contributed by atoms with E-state index >= 15 is 0 Å². The lowest BCUT2D eigenvalue weighted by Crippen LogP contribution is -2.09. The lowest BCUT2D eigenvalue weighted by molar-refractivity contribution is 0.415. The minimum Gasteiger partial charge on any atom is -0.497 e. The van der Waals surface area contributed by atoms with Crippen LogP contribution < -0.4 is 15.8 Å². The molecule has 0 saturated carbocycles. The van der Waals surface area contributed by atoms with Gasteiger partial charge in [-0.2, -0.15) is 0 Å². The molecule has 0 bridgehead atoms. The van der Waals surface area contributed by atoms with Crippen molar-refractivity contribution in [2.75, 3.05) is 12.4 Å². The van der Waals surface area contributed by atoms with E-state index in [9.17, 15) is 0 Å². The van der Waals surface area contributed by atoms with Crippen LogP contribution in [0.2, 0.25) is 0 Å². The van der Waals surface area contributed by atoms with Crippen LogP contribution in [0.5, 0.6) is 5.75 Å². The lowest BCUT2D eigenvalue weighted by atomic mass is 10.2. The highest BCUT2D eigenvalue weighted by atomic mass is 79.9. The molecule has 0 spiro atoms. The molecule has 0 radical (unpaired) electrons. The van der Waals surface area contributed by atoms with Crippen molar-refractivity contribution >= 4 is 60.4 Å². The molecule has 2 aromatic carbocycles. The summed E-state index contributed by atoms with van der Waals surface area (Å²) in [5.41, 5.74) is 8.27. The molecule has 0 atom stereocenters. The van der Waals surface area contributed by atoms with E-state index in [0.29, 0.717) is 4.99 Å². The minimum absolute atomic E-state index is 0.376. The first-order chi connectivity index (χ1) is 9.49. The van der Waals surface area contributed by atoms with Crippen LogP contribution in [0.1, 0.15) is 5.56 Å². The predicted octanol–water partition coefficient (Wildman–Crippen LogP) is 4.60. The van der Waals surface area contributed by atoms with Crippen LogP contribution >= 0.6 is 44.1 Å². The summed E-state index contributed by atoms with van der Waals surface area (Å²) in [6.45, 7) is 0. The first-order valence-corrected chi connectivity index (χ1v) is 7.70. The van der Waals surface area contributed by atoms with E-state index in [1.165, 1.54) is 0 Å². The molecule has 2 rings (SSSR count). The van der Waals surface area contributed by atoms with Gasteiger partial charge in [0.05, 0.1) is 12.8 Å². The fraction of sp³-hybridized carbons (Fsp3) is 0.0714. The topological polar surface area (TPSA) is 47.3 Å². The summed E-state index contributed by atoms with van der Waals surface area (Å²) in [5.74, 6) is 0.776. The Labute approximate surface area is 139 Å². The van der Waals surface area contributed by atoms with Crippen molar-refractivity contribution < 1.29 is 4.74 Å². The van der Waals surface area contributed by atoms with Gasteiger partial charge in [0.2, 0.25) is 0 Å². The van der Waals surface area contributed by atoms with E-state index < -0.39 is 0 Å². The predicted molar refractivity (Wildman–Crippen MR) is 94.0 cm³/mol. The number of halogens is 2. The Balaban J connectivity index is 2.30. The summed E-state index contributed by atoms with van der Waals surface area (Å²) < 4.78 is 7.07. The Hall–Kier alpha value is -1.11. The molecular formula is C14H12Br2N2OS. The summed E-state index contributed by atoms with van der Waals surface area (Å²) in [7, 11) is 1.64. The third-order valence-corrected chi connectivity index (χ3v) is 3.99. The van der Waals surface area contributed by atoms with Crippen molar-refractivity contribution in [3.8, 4) is 5.75 Å². The summed E-state index contributed by atoms with van der Waals surface area (Å²) in [6.07, 6.45) is 0. The van der Waals surface area contributed by atoms with Crippen LogP contribution in [0.25, 0.3) is 0 Å². The molecule has 3 nitrogen and oxygen atoms in total. The highest BCUT2D eigenvalue weighted by Gasteiger charge is 2.05. The molecule has 0 aliphatic rings. The quantitative estimate of drug-likeness (QED) is 0.716. The Bertz CT molecular complexity index is 662. The van der Waals surface area contributed by atoms with Gasteiger partial charge in [-0.25, -0.2) is 0 Å². The number of anilines is 2. The number of thiocarbonyl (C=S) groups is 1. The molecule has 0 saturated heterocycles. The average molecular weight is 416 g/mol. The minimum atomic E-state index is 0.376. The van der Waals surface area contributed by atoms with E-state index in [0.717, 1.165) is 31.6 Å². The zero-order chi connectivity index (χ0) is 14.7. The number of hydrogen-bond donors (Lipinski definition) is 2. The van der Waals surface area contributed by atoms with Crippen molar-refractivity contribution in [3.05, 3.63) is 50.9 Å². The second kappa shape index (κ2) is 6.56. The zero-order valence-electron chi connectivity index (χ0n) is 10.6. The van der Waals surface area contributed by atoms with Crippen molar-refractivity contribution in [2.45, 2.75) is 0 Å². The second-order valence-corrected chi connectivity index (χ2v) is 6.27. The van der Waals surface area contributed by atoms with Gasteiger partial charge in [0, 0.05) is 26.3 Å². The van der Waals surface area contributed by atoms with Gasteiger partial charge in [-0.3, -0.25) is 0 Å². The van der Waals surface area contributed by atoms with Gasteiger partial charge in [-0.1, -0.05) is 28.1 Å². The number of rotatable bonds is 4. The second-order valence-electron chi connectivity index (χ2n) is 4.06. The molecule has 0 aliphatic heterocycles. The molecule has 20 heavy (non-hydrogen) atoms. The van der Waals surface area contributed by atoms with Gasteiger partial charge in [0.15, 0.2) is 0 Å². The summed E-state index contributed by atoms with van der Waals surface area (Å²) in [6, 6.07) is 11.5. The van der Waals surface area contributed by atoms with E-state index in [1.54, 1.807) is 7.11 Å². The zero-order valence-corrected chi connectivity index (χ0v) is 14.6. The number of ether oxygens (including phenoxy) is 1. The summed E-state index contributed by atoms with van der Waals surface area (Å²) in [5, 5.41) is 3.31. The summed E-state index contributed by atoms with van der Waals surface area (Å²) in [4.78, 5) is 0.376. The summed E-state index contributed by atoms with van der Waals surface area (Å²) >= 11 is 11.9. The highest BCUT2D eigenvalue weighted by molar-refractivity contribution is 9.10. The van der Waals surface area contributed by atoms with E-state index in [1.807, 2.05) is 36.4 Å². The lowest BCUT2D eigenvalue weighted by Gasteiger charge is -2.11. The van der Waals surface area contributed by atoms with Crippen LogP contribution in [0.3, 0.4) is 0 Å². The van der Waals surface area contributed by atoms with E-state index in [4.69, 9.17) is 22.7 Å². The fourth-order valence-electron chi connectivity index (χ4n) is 1.68. The maximum atomic E-state index is 5.61. The molecule has 0 unspecified atom stereocenters. The Morgan fingerprint density at radius 2 is 1.95 bits per heavy atom. The maximum absolute atomic E-state index is 5.61. The largest absolute Gasteiger partial charge is 0.497 e. The normalized spacial score (nSPS) is 10.2. The van der Waals surface area contributed by atoms with Crippen LogP contribution in [0, 0.1) is 0 Å². The van der Waals surface area contributed by atoms with Gasteiger partial charge in [-0.05, 0) is 46.3 Å². The van der Waals surface area contributed by atoms with Crippen molar-refractivity contribution in [1.29, 1.82) is 0 Å². The van der Waals surface area contributed by atoms with Crippen molar-refractivity contribution in [1.82, 2.24) is 0 Å². The third kappa shape index (κ3) is 3.71. The molecule has 3 N–H and O–H groups in total. The molecule has 0 aliphatic carbocycles. The molecule has 0 fully saturated rings. The van der Waals surface area contributed by atoms with Crippen LogP contribution in [0.4, 0.5) is 11.4 Å². The smallest absolute Gasteiger partial charge is 0.122 e. The van der Waals surface area contributed by atoms with E-state index in [2.05, 4.69) is 37.2 Å². The number of benzene rings is 2. The first-order valence-electron chi connectivity index (χ1n) is 5.70. The number of methoxy groups -OCH3 is 1. The molecule has 6 heteroatoms. The molecular weight excluding hydrogens is 404 g/mol. The van der Waals surface area contributed by atoms with Crippen LogP contribution in [-0.4, -0.2) is 12.1 Å². The van der Waals surface area contributed by atoms with Gasteiger partial charge in [-0.15, -0.1) is 0 Å². The van der Waals surface area contributed by atoms with Gasteiger partial charge < -0.3 is 15.8 Å².